The highest BCUT2D eigenvalue weighted by molar-refractivity contribution is 7.91. The minimum Gasteiger partial charge on any atom is -0.387 e. The van der Waals surface area contributed by atoms with Gasteiger partial charge in [-0.25, -0.2) is 8.42 Å². The van der Waals surface area contributed by atoms with Crippen LogP contribution in [0.3, 0.4) is 0 Å². The van der Waals surface area contributed by atoms with Crippen molar-refractivity contribution in [3.63, 3.8) is 0 Å². The number of methoxy groups -OCH3 is 1. The summed E-state index contributed by atoms with van der Waals surface area (Å²) in [5, 5.41) is 9.59. The van der Waals surface area contributed by atoms with Crippen LogP contribution in [0.1, 0.15) is 17.2 Å². The smallest absolute Gasteiger partial charge is 0.181 e. The highest BCUT2D eigenvalue weighted by Crippen LogP contribution is 2.33. The molecule has 0 aliphatic carbocycles. The van der Waals surface area contributed by atoms with Crippen LogP contribution in [0.4, 0.5) is 0 Å². The quantitative estimate of drug-likeness (QED) is 0.807. The van der Waals surface area contributed by atoms with Crippen LogP contribution in [-0.2, 0) is 21.2 Å². The fourth-order valence-corrected chi connectivity index (χ4v) is 3.39. The Bertz CT molecular complexity index is 478. The largest absolute Gasteiger partial charge is 0.387 e. The third kappa shape index (κ3) is 1.78. The number of rotatable bonds is 2. The Morgan fingerprint density at radius 2 is 2.27 bits per heavy atom. The maximum absolute atomic E-state index is 11.5. The van der Waals surface area contributed by atoms with E-state index >= 15 is 0 Å². The van der Waals surface area contributed by atoms with E-state index in [0.29, 0.717) is 12.2 Å². The van der Waals surface area contributed by atoms with E-state index in [0.717, 1.165) is 5.56 Å². The number of aliphatic hydroxyl groups excluding tert-OH is 1. The second-order valence-electron chi connectivity index (χ2n) is 3.60. The van der Waals surface area contributed by atoms with E-state index in [9.17, 15) is 13.5 Å². The first kappa shape index (κ1) is 10.6. The van der Waals surface area contributed by atoms with Crippen LogP contribution in [0, 0.1) is 0 Å². The number of fused-ring (bicyclic) bond motifs is 1. The molecule has 1 aliphatic heterocycles. The molecule has 1 heterocycles. The topological polar surface area (TPSA) is 63.6 Å². The van der Waals surface area contributed by atoms with Gasteiger partial charge < -0.3 is 9.84 Å². The van der Waals surface area contributed by atoms with Crippen molar-refractivity contribution in [2.24, 2.45) is 0 Å². The highest BCUT2D eigenvalue weighted by atomic mass is 32.2. The molecule has 0 radical (unpaired) electrons. The SMILES string of the molecule is COCc1ccc2c(c1)C(O)CS2(=O)=O. The summed E-state index contributed by atoms with van der Waals surface area (Å²) in [6, 6.07) is 4.93. The summed E-state index contributed by atoms with van der Waals surface area (Å²) >= 11 is 0. The number of ether oxygens (including phenoxy) is 1. The molecule has 15 heavy (non-hydrogen) atoms. The number of hydrogen-bond donors (Lipinski definition) is 1. The van der Waals surface area contributed by atoms with Crippen LogP contribution >= 0.6 is 0 Å². The Morgan fingerprint density at radius 1 is 1.53 bits per heavy atom. The summed E-state index contributed by atoms with van der Waals surface area (Å²) in [6.07, 6.45) is -0.901. The molecule has 0 bridgehead atoms. The van der Waals surface area contributed by atoms with Gasteiger partial charge in [-0.15, -0.1) is 0 Å². The minimum atomic E-state index is -3.28. The molecule has 4 nitrogen and oxygen atoms in total. The van der Waals surface area contributed by atoms with Crippen molar-refractivity contribution in [3.8, 4) is 0 Å². The zero-order valence-corrected chi connectivity index (χ0v) is 9.12. The lowest BCUT2D eigenvalue weighted by Gasteiger charge is -2.04. The van der Waals surface area contributed by atoms with Gasteiger partial charge in [0, 0.05) is 12.7 Å². The zero-order chi connectivity index (χ0) is 11.1. The number of sulfone groups is 1. The Labute approximate surface area is 88.4 Å². The van der Waals surface area contributed by atoms with Crippen molar-refractivity contribution >= 4 is 9.84 Å². The van der Waals surface area contributed by atoms with Crippen molar-refractivity contribution in [2.45, 2.75) is 17.6 Å². The molecule has 1 aromatic rings. The van der Waals surface area contributed by atoms with E-state index in [-0.39, 0.29) is 10.6 Å². The second kappa shape index (κ2) is 3.59. The van der Waals surface area contributed by atoms with Gasteiger partial charge in [-0.3, -0.25) is 0 Å². The monoisotopic (exact) mass is 228 g/mol. The van der Waals surface area contributed by atoms with Crippen molar-refractivity contribution in [1.29, 1.82) is 0 Å². The lowest BCUT2D eigenvalue weighted by molar-refractivity contribution is 0.183. The van der Waals surface area contributed by atoms with Gasteiger partial charge >= 0.3 is 0 Å². The predicted octanol–water partition coefficient (Wildman–Crippen LogP) is 0.654. The maximum atomic E-state index is 11.5. The van der Waals surface area contributed by atoms with Crippen LogP contribution in [0.2, 0.25) is 0 Å². The highest BCUT2D eigenvalue weighted by Gasteiger charge is 2.33. The molecular formula is C10H12O4S. The summed E-state index contributed by atoms with van der Waals surface area (Å²) < 4.78 is 28.0. The van der Waals surface area contributed by atoms with E-state index < -0.39 is 15.9 Å². The average Bonchev–Trinajstić information content (AvgIpc) is 2.38. The van der Waals surface area contributed by atoms with E-state index in [1.165, 1.54) is 6.07 Å². The van der Waals surface area contributed by atoms with Gasteiger partial charge in [0.05, 0.1) is 23.4 Å². The Balaban J connectivity index is 2.51. The fourth-order valence-electron chi connectivity index (χ4n) is 1.79. The molecule has 1 atom stereocenters. The standard InChI is InChI=1S/C10H12O4S/c1-14-5-7-2-3-10-8(4-7)9(11)6-15(10,12)13/h2-4,9,11H,5-6H2,1H3. The van der Waals surface area contributed by atoms with Crippen molar-refractivity contribution in [2.75, 3.05) is 12.9 Å². The molecule has 0 saturated heterocycles. The van der Waals surface area contributed by atoms with Crippen LogP contribution in [-0.4, -0.2) is 26.4 Å². The molecule has 0 aromatic heterocycles. The molecule has 82 valence electrons. The van der Waals surface area contributed by atoms with Gasteiger partial charge in [0.2, 0.25) is 0 Å². The van der Waals surface area contributed by atoms with Crippen LogP contribution in [0.25, 0.3) is 0 Å². The first-order valence-corrected chi connectivity index (χ1v) is 6.22. The second-order valence-corrected chi connectivity index (χ2v) is 5.61. The lowest BCUT2D eigenvalue weighted by Crippen LogP contribution is -2.01. The molecule has 0 amide bonds. The summed E-state index contributed by atoms with van der Waals surface area (Å²) in [7, 11) is -1.71. The number of benzene rings is 1. The van der Waals surface area contributed by atoms with Gasteiger partial charge in [0.15, 0.2) is 9.84 Å². The minimum absolute atomic E-state index is 0.210. The zero-order valence-electron chi connectivity index (χ0n) is 8.30. The molecule has 0 spiro atoms. The lowest BCUT2D eigenvalue weighted by atomic mass is 10.1. The van der Waals surface area contributed by atoms with Crippen molar-refractivity contribution in [3.05, 3.63) is 29.3 Å². The predicted molar refractivity (Wildman–Crippen MR) is 54.2 cm³/mol. The van der Waals surface area contributed by atoms with Crippen molar-refractivity contribution in [1.82, 2.24) is 0 Å². The van der Waals surface area contributed by atoms with Crippen LogP contribution in [0.15, 0.2) is 23.1 Å². The normalized spacial score (nSPS) is 22.7. The molecule has 1 aliphatic rings. The van der Waals surface area contributed by atoms with E-state index in [1.807, 2.05) is 0 Å². The summed E-state index contributed by atoms with van der Waals surface area (Å²) in [4.78, 5) is 0.245. The van der Waals surface area contributed by atoms with Crippen molar-refractivity contribution < 1.29 is 18.3 Å². The molecule has 1 unspecified atom stereocenters. The first-order chi connectivity index (χ1) is 7.04. The third-order valence-electron chi connectivity index (χ3n) is 2.46. The maximum Gasteiger partial charge on any atom is 0.181 e. The summed E-state index contributed by atoms with van der Waals surface area (Å²) in [5.41, 5.74) is 1.36. The van der Waals surface area contributed by atoms with Crippen LogP contribution < -0.4 is 0 Å². The van der Waals surface area contributed by atoms with Gasteiger partial charge in [0.25, 0.3) is 0 Å². The molecule has 0 saturated carbocycles. The Kier molecular flexibility index (Phi) is 2.54. The first-order valence-electron chi connectivity index (χ1n) is 4.57. The molecule has 1 N–H and O–H groups in total. The molecule has 0 fully saturated rings. The van der Waals surface area contributed by atoms with Gasteiger partial charge in [-0.1, -0.05) is 6.07 Å². The molecular weight excluding hydrogens is 216 g/mol. The Hall–Kier alpha value is -0.910. The number of aliphatic hydroxyl groups is 1. The fraction of sp³-hybridized carbons (Fsp3) is 0.400. The summed E-state index contributed by atoms with van der Waals surface area (Å²) in [5.74, 6) is -0.210. The van der Waals surface area contributed by atoms with E-state index in [2.05, 4.69) is 0 Å². The van der Waals surface area contributed by atoms with Gasteiger partial charge in [-0.05, 0) is 17.7 Å². The molecule has 2 rings (SSSR count). The summed E-state index contributed by atoms with van der Waals surface area (Å²) in [6.45, 7) is 0.417. The van der Waals surface area contributed by atoms with Gasteiger partial charge in [-0.2, -0.15) is 0 Å². The molecule has 5 heteroatoms. The van der Waals surface area contributed by atoms with Gasteiger partial charge in [0.1, 0.15) is 0 Å². The van der Waals surface area contributed by atoms with E-state index in [4.69, 9.17) is 4.74 Å². The Morgan fingerprint density at radius 3 is 2.93 bits per heavy atom. The number of hydrogen-bond acceptors (Lipinski definition) is 4. The van der Waals surface area contributed by atoms with Crippen LogP contribution in [0.5, 0.6) is 0 Å². The van der Waals surface area contributed by atoms with E-state index in [1.54, 1.807) is 19.2 Å². The molecule has 1 aromatic carbocycles. The average molecular weight is 228 g/mol. The third-order valence-corrected chi connectivity index (χ3v) is 4.25.